The van der Waals surface area contributed by atoms with Crippen LogP contribution in [0.15, 0.2) is 24.3 Å². The molecule has 1 atom stereocenters. The average molecular weight is 362 g/mol. The smallest absolute Gasteiger partial charge is 0.269 e. The molecule has 1 fully saturated rings. The number of nitro groups is 1. The summed E-state index contributed by atoms with van der Waals surface area (Å²) in [6, 6.07) is 6.14. The third-order valence-corrected chi connectivity index (χ3v) is 4.43. The monoisotopic (exact) mass is 362 g/mol. The summed E-state index contributed by atoms with van der Waals surface area (Å²) in [5.41, 5.74) is 0.804. The number of carbonyl (C=O) groups is 2. The van der Waals surface area contributed by atoms with Crippen LogP contribution in [0.5, 0.6) is 0 Å². The van der Waals surface area contributed by atoms with Crippen LogP contribution in [0.25, 0.3) is 0 Å². The number of hydrogen-bond acceptors (Lipinski definition) is 5. The summed E-state index contributed by atoms with van der Waals surface area (Å²) in [5.74, 6) is -0.146. The van der Waals surface area contributed by atoms with E-state index in [1.54, 1.807) is 17.0 Å². The van der Waals surface area contributed by atoms with Gasteiger partial charge in [0, 0.05) is 49.9 Å². The molecule has 2 N–H and O–H groups in total. The molecule has 1 heterocycles. The van der Waals surface area contributed by atoms with Gasteiger partial charge in [0.15, 0.2) is 0 Å². The van der Waals surface area contributed by atoms with Crippen LogP contribution in [0.3, 0.4) is 0 Å². The molecule has 0 unspecified atom stereocenters. The molecule has 1 aliphatic rings. The number of nitrogens with one attached hydrogen (secondary N) is 2. The number of benzene rings is 1. The second-order valence-corrected chi connectivity index (χ2v) is 6.80. The van der Waals surface area contributed by atoms with E-state index in [9.17, 15) is 19.7 Å². The zero-order valence-electron chi connectivity index (χ0n) is 15.2. The summed E-state index contributed by atoms with van der Waals surface area (Å²) in [7, 11) is 0. The van der Waals surface area contributed by atoms with E-state index in [0.717, 1.165) is 25.1 Å². The van der Waals surface area contributed by atoms with Crippen LogP contribution < -0.4 is 10.6 Å². The van der Waals surface area contributed by atoms with Gasteiger partial charge in [0.05, 0.1) is 10.8 Å². The van der Waals surface area contributed by atoms with Crippen molar-refractivity contribution in [2.24, 2.45) is 11.8 Å². The molecule has 1 aromatic rings. The molecule has 8 heteroatoms. The van der Waals surface area contributed by atoms with Crippen molar-refractivity contribution in [3.8, 4) is 0 Å². The first-order valence-electron chi connectivity index (χ1n) is 8.93. The highest BCUT2D eigenvalue weighted by atomic mass is 16.6. The maximum Gasteiger partial charge on any atom is 0.269 e. The highest BCUT2D eigenvalue weighted by Gasteiger charge is 2.29. The van der Waals surface area contributed by atoms with E-state index >= 15 is 0 Å². The van der Waals surface area contributed by atoms with Gasteiger partial charge in [-0.1, -0.05) is 13.8 Å². The molecule has 0 radical (unpaired) electrons. The fourth-order valence-corrected chi connectivity index (χ4v) is 2.99. The Labute approximate surface area is 153 Å². The normalized spacial score (nSPS) is 17.0. The Morgan fingerprint density at radius 2 is 1.96 bits per heavy atom. The molecule has 0 aliphatic carbocycles. The summed E-state index contributed by atoms with van der Waals surface area (Å²) in [5, 5.41) is 16.6. The molecule has 2 amide bonds. The number of amides is 2. The van der Waals surface area contributed by atoms with Gasteiger partial charge in [-0.2, -0.15) is 0 Å². The summed E-state index contributed by atoms with van der Waals surface area (Å²) < 4.78 is 0. The number of hydrogen-bond donors (Lipinski definition) is 2. The standard InChI is InChI=1S/C18H26N4O4/c1-13(2)18(24)21-11-3-4-14(12-21)17(23)20-10-9-19-15-5-7-16(8-6-15)22(25)26/h5-8,13-14,19H,3-4,9-12H2,1-2H3,(H,20,23)/t14-/m1/s1. The van der Waals surface area contributed by atoms with Crippen molar-refractivity contribution in [1.82, 2.24) is 10.2 Å². The molecule has 0 saturated carbocycles. The van der Waals surface area contributed by atoms with Crippen molar-refractivity contribution in [2.75, 3.05) is 31.5 Å². The molecule has 1 saturated heterocycles. The first-order valence-corrected chi connectivity index (χ1v) is 8.93. The van der Waals surface area contributed by atoms with Crippen LogP contribution in [0.4, 0.5) is 11.4 Å². The van der Waals surface area contributed by atoms with Gasteiger partial charge < -0.3 is 15.5 Å². The molecule has 0 spiro atoms. The molecule has 2 rings (SSSR count). The fraction of sp³-hybridized carbons (Fsp3) is 0.556. The second-order valence-electron chi connectivity index (χ2n) is 6.80. The van der Waals surface area contributed by atoms with Crippen LogP contribution in [0.1, 0.15) is 26.7 Å². The van der Waals surface area contributed by atoms with Crippen molar-refractivity contribution < 1.29 is 14.5 Å². The highest BCUT2D eigenvalue weighted by Crippen LogP contribution is 2.18. The number of piperidine rings is 1. The lowest BCUT2D eigenvalue weighted by molar-refractivity contribution is -0.384. The van der Waals surface area contributed by atoms with E-state index in [-0.39, 0.29) is 29.3 Å². The minimum absolute atomic E-state index is 0.0308. The van der Waals surface area contributed by atoms with Crippen molar-refractivity contribution in [3.05, 3.63) is 34.4 Å². The zero-order chi connectivity index (χ0) is 19.1. The summed E-state index contributed by atoms with van der Waals surface area (Å²) >= 11 is 0. The first-order chi connectivity index (χ1) is 12.4. The highest BCUT2D eigenvalue weighted by molar-refractivity contribution is 5.82. The second kappa shape index (κ2) is 9.17. The number of rotatable bonds is 7. The first kappa shape index (κ1) is 19.7. The molecule has 8 nitrogen and oxygen atoms in total. The van der Waals surface area contributed by atoms with Crippen molar-refractivity contribution >= 4 is 23.2 Å². The number of nitro benzene ring substituents is 1. The lowest BCUT2D eigenvalue weighted by Gasteiger charge is -2.33. The maximum atomic E-state index is 12.3. The van der Waals surface area contributed by atoms with E-state index in [4.69, 9.17) is 0 Å². The van der Waals surface area contributed by atoms with Gasteiger partial charge in [0.1, 0.15) is 0 Å². The predicted molar refractivity (Wildman–Crippen MR) is 98.7 cm³/mol. The summed E-state index contributed by atoms with van der Waals surface area (Å²) in [6.07, 6.45) is 1.64. The van der Waals surface area contributed by atoms with Crippen LogP contribution in [0, 0.1) is 22.0 Å². The summed E-state index contributed by atoms with van der Waals surface area (Å²) in [4.78, 5) is 36.4. The topological polar surface area (TPSA) is 105 Å². The molecule has 1 aliphatic heterocycles. The minimum Gasteiger partial charge on any atom is -0.383 e. The molecule has 0 aromatic heterocycles. The zero-order valence-corrected chi connectivity index (χ0v) is 15.2. The third-order valence-electron chi connectivity index (χ3n) is 4.43. The van der Waals surface area contributed by atoms with Gasteiger partial charge in [-0.25, -0.2) is 0 Å². The SMILES string of the molecule is CC(C)C(=O)N1CCC[C@@H](C(=O)NCCNc2ccc([N+](=O)[O-])cc2)C1. The Balaban J connectivity index is 1.72. The Morgan fingerprint density at radius 1 is 1.27 bits per heavy atom. The van der Waals surface area contributed by atoms with Crippen LogP contribution in [-0.2, 0) is 9.59 Å². The minimum atomic E-state index is -0.443. The maximum absolute atomic E-state index is 12.3. The molecular weight excluding hydrogens is 336 g/mol. The van der Waals surface area contributed by atoms with E-state index in [1.807, 2.05) is 13.8 Å². The lowest BCUT2D eigenvalue weighted by atomic mass is 9.96. The van der Waals surface area contributed by atoms with Gasteiger partial charge in [-0.05, 0) is 25.0 Å². The molecule has 0 bridgehead atoms. The lowest BCUT2D eigenvalue weighted by Crippen LogP contribution is -2.47. The molecule has 142 valence electrons. The molecular formula is C18H26N4O4. The van der Waals surface area contributed by atoms with E-state index in [0.29, 0.717) is 19.6 Å². The van der Waals surface area contributed by atoms with Crippen molar-refractivity contribution in [1.29, 1.82) is 0 Å². The van der Waals surface area contributed by atoms with Crippen LogP contribution in [0.2, 0.25) is 0 Å². The third kappa shape index (κ3) is 5.44. The van der Waals surface area contributed by atoms with Gasteiger partial charge in [0.25, 0.3) is 5.69 Å². The average Bonchev–Trinajstić information content (AvgIpc) is 2.64. The largest absolute Gasteiger partial charge is 0.383 e. The molecule has 1 aromatic carbocycles. The Hall–Kier alpha value is -2.64. The van der Waals surface area contributed by atoms with E-state index in [1.165, 1.54) is 12.1 Å². The number of anilines is 1. The predicted octanol–water partition coefficient (Wildman–Crippen LogP) is 2.02. The summed E-state index contributed by atoms with van der Waals surface area (Å²) in [6.45, 7) is 5.92. The Bertz CT molecular complexity index is 645. The van der Waals surface area contributed by atoms with Gasteiger partial charge >= 0.3 is 0 Å². The fourth-order valence-electron chi connectivity index (χ4n) is 2.99. The van der Waals surface area contributed by atoms with Crippen LogP contribution >= 0.6 is 0 Å². The van der Waals surface area contributed by atoms with Gasteiger partial charge in [-0.15, -0.1) is 0 Å². The van der Waals surface area contributed by atoms with E-state index < -0.39 is 4.92 Å². The van der Waals surface area contributed by atoms with Crippen molar-refractivity contribution in [2.45, 2.75) is 26.7 Å². The van der Waals surface area contributed by atoms with E-state index in [2.05, 4.69) is 10.6 Å². The quantitative estimate of drug-likeness (QED) is 0.439. The number of non-ortho nitro benzene ring substituents is 1. The number of nitrogens with zero attached hydrogens (tertiary/aromatic N) is 2. The number of carbonyl (C=O) groups excluding carboxylic acids is 2. The van der Waals surface area contributed by atoms with Gasteiger partial charge in [-0.3, -0.25) is 19.7 Å². The van der Waals surface area contributed by atoms with Crippen molar-refractivity contribution in [3.63, 3.8) is 0 Å². The Kier molecular flexibility index (Phi) is 6.94. The van der Waals surface area contributed by atoms with Crippen LogP contribution in [-0.4, -0.2) is 47.8 Å². The molecule has 26 heavy (non-hydrogen) atoms. The van der Waals surface area contributed by atoms with Gasteiger partial charge in [0.2, 0.25) is 11.8 Å². The Morgan fingerprint density at radius 3 is 2.58 bits per heavy atom. The number of likely N-dealkylation sites (tertiary alicyclic amines) is 1.